The van der Waals surface area contributed by atoms with Crippen molar-refractivity contribution in [1.29, 1.82) is 0 Å². The number of likely N-dealkylation sites (N-methyl/N-ethyl adjacent to an activating group) is 1. The summed E-state index contributed by atoms with van der Waals surface area (Å²) < 4.78 is 5.26. The summed E-state index contributed by atoms with van der Waals surface area (Å²) in [6, 6.07) is 8.17. The number of nitrogens with zero attached hydrogens (tertiary/aromatic N) is 1. The molecule has 0 atom stereocenters. The van der Waals surface area contributed by atoms with Crippen LogP contribution in [0.3, 0.4) is 0 Å². The zero-order valence-corrected chi connectivity index (χ0v) is 9.80. The fourth-order valence-corrected chi connectivity index (χ4v) is 1.25. The van der Waals surface area contributed by atoms with Gasteiger partial charge in [0.1, 0.15) is 5.75 Å². The van der Waals surface area contributed by atoms with Gasteiger partial charge in [0, 0.05) is 6.54 Å². The Morgan fingerprint density at radius 2 is 1.86 bits per heavy atom. The van der Waals surface area contributed by atoms with Crippen molar-refractivity contribution in [2.45, 2.75) is 6.42 Å². The smallest absolute Gasteiger partial charge is 0.122 e. The van der Waals surface area contributed by atoms with E-state index in [-0.39, 0.29) is 12.4 Å². The number of para-hydroxylation sites is 1. The van der Waals surface area contributed by atoms with Gasteiger partial charge >= 0.3 is 0 Å². The number of halogens is 1. The van der Waals surface area contributed by atoms with Crippen LogP contribution < -0.4 is 4.74 Å². The van der Waals surface area contributed by atoms with Gasteiger partial charge in [-0.15, -0.1) is 12.4 Å². The Hall–Kier alpha value is -0.730. The molecule has 0 N–H and O–H groups in total. The summed E-state index contributed by atoms with van der Waals surface area (Å²) >= 11 is 0. The fraction of sp³-hybridized carbons (Fsp3) is 0.455. The monoisotopic (exact) mass is 215 g/mol. The molecule has 0 aliphatic rings. The number of hydrogen-bond acceptors (Lipinski definition) is 2. The van der Waals surface area contributed by atoms with Crippen LogP contribution >= 0.6 is 12.4 Å². The second kappa shape index (κ2) is 6.68. The van der Waals surface area contributed by atoms with Crippen molar-refractivity contribution in [3.05, 3.63) is 29.8 Å². The van der Waals surface area contributed by atoms with Gasteiger partial charge in [-0.05, 0) is 32.1 Å². The van der Waals surface area contributed by atoms with E-state index in [1.165, 1.54) is 5.56 Å². The molecule has 2 nitrogen and oxygen atoms in total. The second-order valence-corrected chi connectivity index (χ2v) is 3.37. The summed E-state index contributed by atoms with van der Waals surface area (Å²) in [7, 11) is 5.87. The highest BCUT2D eigenvalue weighted by atomic mass is 35.5. The van der Waals surface area contributed by atoms with Crippen LogP contribution in [-0.4, -0.2) is 32.6 Å². The molecule has 0 bridgehead atoms. The van der Waals surface area contributed by atoms with Crippen LogP contribution in [0.25, 0.3) is 0 Å². The van der Waals surface area contributed by atoms with Crippen molar-refractivity contribution in [2.75, 3.05) is 27.7 Å². The van der Waals surface area contributed by atoms with Crippen LogP contribution in [0.5, 0.6) is 5.75 Å². The maximum Gasteiger partial charge on any atom is 0.122 e. The van der Waals surface area contributed by atoms with Gasteiger partial charge < -0.3 is 9.64 Å². The zero-order valence-electron chi connectivity index (χ0n) is 8.99. The van der Waals surface area contributed by atoms with Crippen molar-refractivity contribution < 1.29 is 4.74 Å². The molecule has 0 radical (unpaired) electrons. The minimum Gasteiger partial charge on any atom is -0.496 e. The molecule has 0 saturated carbocycles. The van der Waals surface area contributed by atoms with Gasteiger partial charge in [-0.3, -0.25) is 0 Å². The van der Waals surface area contributed by atoms with Gasteiger partial charge in [-0.2, -0.15) is 0 Å². The van der Waals surface area contributed by atoms with Crippen LogP contribution in [0.2, 0.25) is 0 Å². The predicted molar refractivity (Wildman–Crippen MR) is 62.5 cm³/mol. The van der Waals surface area contributed by atoms with E-state index in [1.54, 1.807) is 7.11 Å². The van der Waals surface area contributed by atoms with Crippen LogP contribution in [0.15, 0.2) is 24.3 Å². The lowest BCUT2D eigenvalue weighted by atomic mass is 10.1. The zero-order chi connectivity index (χ0) is 9.68. The lowest BCUT2D eigenvalue weighted by Crippen LogP contribution is -2.15. The molecule has 0 unspecified atom stereocenters. The molecule has 80 valence electrons. The van der Waals surface area contributed by atoms with Crippen molar-refractivity contribution >= 4 is 12.4 Å². The third kappa shape index (κ3) is 3.99. The van der Waals surface area contributed by atoms with E-state index in [2.05, 4.69) is 25.1 Å². The molecule has 0 fully saturated rings. The van der Waals surface area contributed by atoms with Crippen molar-refractivity contribution in [3.8, 4) is 5.75 Å². The Labute approximate surface area is 92.3 Å². The van der Waals surface area contributed by atoms with Crippen LogP contribution in [0.1, 0.15) is 5.56 Å². The quantitative estimate of drug-likeness (QED) is 0.764. The molecule has 0 aliphatic carbocycles. The Balaban J connectivity index is 0.00000169. The molecule has 1 aromatic rings. The molecule has 1 aromatic carbocycles. The lowest BCUT2D eigenvalue weighted by Gasteiger charge is -2.11. The van der Waals surface area contributed by atoms with Gasteiger partial charge in [0.15, 0.2) is 0 Å². The molecule has 14 heavy (non-hydrogen) atoms. The normalized spacial score (nSPS) is 9.71. The van der Waals surface area contributed by atoms with Crippen molar-refractivity contribution in [1.82, 2.24) is 4.90 Å². The first-order chi connectivity index (χ1) is 6.24. The van der Waals surface area contributed by atoms with E-state index in [0.717, 1.165) is 18.7 Å². The first-order valence-corrected chi connectivity index (χ1v) is 4.50. The third-order valence-electron chi connectivity index (χ3n) is 2.02. The molecule has 0 aliphatic heterocycles. The molecular weight excluding hydrogens is 198 g/mol. The number of methoxy groups -OCH3 is 1. The maximum atomic E-state index is 5.26. The molecule has 1 rings (SSSR count). The second-order valence-electron chi connectivity index (χ2n) is 3.37. The largest absolute Gasteiger partial charge is 0.496 e. The van der Waals surface area contributed by atoms with Gasteiger partial charge in [0.05, 0.1) is 7.11 Å². The van der Waals surface area contributed by atoms with E-state index >= 15 is 0 Å². The van der Waals surface area contributed by atoms with E-state index in [0.29, 0.717) is 0 Å². The average molecular weight is 216 g/mol. The fourth-order valence-electron chi connectivity index (χ4n) is 1.25. The average Bonchev–Trinajstić information content (AvgIpc) is 2.15. The van der Waals surface area contributed by atoms with E-state index < -0.39 is 0 Å². The highest BCUT2D eigenvalue weighted by Crippen LogP contribution is 2.17. The summed E-state index contributed by atoms with van der Waals surface area (Å²) in [4.78, 5) is 2.17. The summed E-state index contributed by atoms with van der Waals surface area (Å²) in [5.41, 5.74) is 1.28. The minimum absolute atomic E-state index is 0. The Morgan fingerprint density at radius 1 is 1.21 bits per heavy atom. The Bertz CT molecular complexity index is 263. The summed E-state index contributed by atoms with van der Waals surface area (Å²) in [6.45, 7) is 1.06. The van der Waals surface area contributed by atoms with Gasteiger partial charge in [0.25, 0.3) is 0 Å². The number of ether oxygens (including phenoxy) is 1. The maximum absolute atomic E-state index is 5.26. The molecular formula is C11H18ClNO. The summed E-state index contributed by atoms with van der Waals surface area (Å²) in [5, 5.41) is 0. The minimum atomic E-state index is 0. The highest BCUT2D eigenvalue weighted by Gasteiger charge is 2.00. The molecule has 0 heterocycles. The van der Waals surface area contributed by atoms with Crippen molar-refractivity contribution in [3.63, 3.8) is 0 Å². The number of rotatable bonds is 4. The topological polar surface area (TPSA) is 12.5 Å². The van der Waals surface area contributed by atoms with Crippen LogP contribution in [0, 0.1) is 0 Å². The third-order valence-corrected chi connectivity index (χ3v) is 2.02. The van der Waals surface area contributed by atoms with Crippen molar-refractivity contribution in [2.24, 2.45) is 0 Å². The van der Waals surface area contributed by atoms with Gasteiger partial charge in [0.2, 0.25) is 0 Å². The highest BCUT2D eigenvalue weighted by molar-refractivity contribution is 5.85. The van der Waals surface area contributed by atoms with Crippen LogP contribution in [0.4, 0.5) is 0 Å². The molecule has 0 spiro atoms. The first-order valence-electron chi connectivity index (χ1n) is 4.50. The molecule has 0 amide bonds. The SMILES string of the molecule is COc1ccccc1CCN(C)C.Cl. The predicted octanol–water partition coefficient (Wildman–Crippen LogP) is 2.22. The summed E-state index contributed by atoms with van der Waals surface area (Å²) in [6.07, 6.45) is 1.04. The van der Waals surface area contributed by atoms with E-state index in [4.69, 9.17) is 4.74 Å². The molecule has 0 aromatic heterocycles. The molecule has 3 heteroatoms. The van der Waals surface area contributed by atoms with Gasteiger partial charge in [-0.1, -0.05) is 18.2 Å². The Morgan fingerprint density at radius 3 is 2.43 bits per heavy atom. The van der Waals surface area contributed by atoms with Gasteiger partial charge in [-0.25, -0.2) is 0 Å². The van der Waals surface area contributed by atoms with E-state index in [1.807, 2.05) is 18.2 Å². The first kappa shape index (κ1) is 13.3. The number of hydrogen-bond donors (Lipinski definition) is 0. The Kier molecular flexibility index (Phi) is 6.34. The lowest BCUT2D eigenvalue weighted by molar-refractivity contribution is 0.392. The standard InChI is InChI=1S/C11H17NO.ClH/c1-12(2)9-8-10-6-4-5-7-11(10)13-3;/h4-7H,8-9H2,1-3H3;1H. The molecule has 0 saturated heterocycles. The number of benzene rings is 1. The van der Waals surface area contributed by atoms with E-state index in [9.17, 15) is 0 Å². The van der Waals surface area contributed by atoms with Crippen LogP contribution in [-0.2, 0) is 6.42 Å². The summed E-state index contributed by atoms with van der Waals surface area (Å²) in [5.74, 6) is 0.990.